The zero-order valence-corrected chi connectivity index (χ0v) is 8.25. The maximum atomic E-state index is 11.0. The van der Waals surface area contributed by atoms with Crippen LogP contribution in [0.3, 0.4) is 0 Å². The predicted octanol–water partition coefficient (Wildman–Crippen LogP) is 0.216. The molecule has 0 saturated heterocycles. The molecular formula is C9H15NO4. The molecular weight excluding hydrogens is 186 g/mol. The van der Waals surface area contributed by atoms with Crippen molar-refractivity contribution in [3.8, 4) is 0 Å². The second kappa shape index (κ2) is 8.25. The first-order valence-electron chi connectivity index (χ1n) is 4.35. The number of rotatable bonds is 7. The molecule has 1 N–H and O–H groups in total. The number of nitrogens with one attached hydrogen (secondary N) is 1. The lowest BCUT2D eigenvalue weighted by Gasteiger charge is -2.03. The van der Waals surface area contributed by atoms with Gasteiger partial charge in [-0.05, 0) is 6.92 Å². The van der Waals surface area contributed by atoms with Crippen LogP contribution in [0, 0.1) is 0 Å². The Morgan fingerprint density at radius 3 is 2.79 bits per heavy atom. The van der Waals surface area contributed by atoms with Gasteiger partial charge in [-0.1, -0.05) is 6.58 Å². The molecule has 0 unspecified atom stereocenters. The molecule has 80 valence electrons. The molecule has 0 spiro atoms. The number of amides is 1. The molecule has 0 aromatic rings. The molecule has 0 rings (SSSR count). The summed E-state index contributed by atoms with van der Waals surface area (Å²) in [4.78, 5) is 21.7. The highest BCUT2D eigenvalue weighted by Gasteiger charge is 2.04. The first kappa shape index (κ1) is 12.6. The third-order valence-corrected chi connectivity index (χ3v) is 1.32. The summed E-state index contributed by atoms with van der Waals surface area (Å²) >= 11 is 0. The van der Waals surface area contributed by atoms with E-state index < -0.39 is 5.97 Å². The first-order chi connectivity index (χ1) is 6.70. The third kappa shape index (κ3) is 7.30. The molecule has 5 heteroatoms. The number of hydrogen-bond acceptors (Lipinski definition) is 4. The Morgan fingerprint density at radius 1 is 1.50 bits per heavy atom. The molecule has 0 bridgehead atoms. The van der Waals surface area contributed by atoms with Crippen LogP contribution in [0.25, 0.3) is 0 Å². The maximum Gasteiger partial charge on any atom is 0.330 e. The number of carbonyl (C=O) groups is 2. The normalized spacial score (nSPS) is 9.21. The van der Waals surface area contributed by atoms with Crippen molar-refractivity contribution in [2.24, 2.45) is 0 Å². The van der Waals surface area contributed by atoms with Gasteiger partial charge in [0.1, 0.15) is 6.54 Å². The van der Waals surface area contributed by atoms with Gasteiger partial charge in [0.15, 0.2) is 0 Å². The fourth-order valence-corrected chi connectivity index (χ4v) is 0.703. The first-order valence-corrected chi connectivity index (χ1v) is 4.35. The van der Waals surface area contributed by atoms with Crippen molar-refractivity contribution in [1.82, 2.24) is 5.32 Å². The van der Waals surface area contributed by atoms with E-state index in [1.165, 1.54) is 0 Å². The number of ether oxygens (including phenoxy) is 2. The average molecular weight is 201 g/mol. The van der Waals surface area contributed by atoms with Crippen LogP contribution in [0.1, 0.15) is 13.3 Å². The highest BCUT2D eigenvalue weighted by molar-refractivity contribution is 5.82. The van der Waals surface area contributed by atoms with Crippen LogP contribution < -0.4 is 5.32 Å². The van der Waals surface area contributed by atoms with Crippen LogP contribution in [-0.4, -0.2) is 31.6 Å². The van der Waals surface area contributed by atoms with Crippen LogP contribution in [0.15, 0.2) is 12.8 Å². The summed E-state index contributed by atoms with van der Waals surface area (Å²) in [7, 11) is 0. The van der Waals surface area contributed by atoms with Gasteiger partial charge in [-0.15, -0.1) is 0 Å². The average Bonchev–Trinajstić information content (AvgIpc) is 2.16. The Kier molecular flexibility index (Phi) is 7.45. The minimum atomic E-state index is -0.537. The number of esters is 1. The van der Waals surface area contributed by atoms with E-state index >= 15 is 0 Å². The van der Waals surface area contributed by atoms with E-state index in [1.54, 1.807) is 0 Å². The summed E-state index contributed by atoms with van der Waals surface area (Å²) in [5.74, 6) is -0.774. The third-order valence-electron chi connectivity index (χ3n) is 1.32. The van der Waals surface area contributed by atoms with E-state index in [2.05, 4.69) is 16.6 Å². The van der Waals surface area contributed by atoms with E-state index in [9.17, 15) is 9.59 Å². The number of hydrogen-bond donors (Lipinski definition) is 1. The molecule has 0 aliphatic heterocycles. The van der Waals surface area contributed by atoms with Gasteiger partial charge in [0.25, 0.3) is 0 Å². The van der Waals surface area contributed by atoms with Crippen LogP contribution in [0.2, 0.25) is 0 Å². The lowest BCUT2D eigenvalue weighted by molar-refractivity contribution is -0.138. The monoisotopic (exact) mass is 201 g/mol. The van der Waals surface area contributed by atoms with Crippen molar-refractivity contribution in [3.05, 3.63) is 12.8 Å². The summed E-state index contributed by atoms with van der Waals surface area (Å²) in [6.07, 6.45) is 1.27. The molecule has 0 heterocycles. The minimum Gasteiger partial charge on any atom is -0.434 e. The van der Waals surface area contributed by atoms with Crippen molar-refractivity contribution in [2.45, 2.75) is 13.3 Å². The van der Waals surface area contributed by atoms with E-state index in [4.69, 9.17) is 4.74 Å². The number of carbonyl (C=O) groups excluding carboxylic acids is 2. The Labute approximate surface area is 83.1 Å². The second-order valence-corrected chi connectivity index (χ2v) is 2.38. The van der Waals surface area contributed by atoms with Gasteiger partial charge in [0.2, 0.25) is 5.91 Å². The topological polar surface area (TPSA) is 64.6 Å². The predicted molar refractivity (Wildman–Crippen MR) is 50.4 cm³/mol. The van der Waals surface area contributed by atoms with Gasteiger partial charge in [0, 0.05) is 13.0 Å². The molecule has 0 aliphatic carbocycles. The zero-order chi connectivity index (χ0) is 10.8. The van der Waals surface area contributed by atoms with Crippen molar-refractivity contribution >= 4 is 11.9 Å². The van der Waals surface area contributed by atoms with Gasteiger partial charge in [-0.2, -0.15) is 0 Å². The van der Waals surface area contributed by atoms with E-state index in [1.807, 2.05) is 6.92 Å². The SMILES string of the molecule is C=COC(=O)CNC(=O)CCOCC. The van der Waals surface area contributed by atoms with Crippen LogP contribution >= 0.6 is 0 Å². The summed E-state index contributed by atoms with van der Waals surface area (Å²) in [6, 6.07) is 0. The molecule has 0 saturated carbocycles. The minimum absolute atomic E-state index is 0.142. The lowest BCUT2D eigenvalue weighted by Crippen LogP contribution is -2.30. The van der Waals surface area contributed by atoms with E-state index in [0.717, 1.165) is 6.26 Å². The lowest BCUT2D eigenvalue weighted by atomic mass is 10.4. The van der Waals surface area contributed by atoms with E-state index in [0.29, 0.717) is 13.2 Å². The van der Waals surface area contributed by atoms with Gasteiger partial charge in [-0.3, -0.25) is 4.79 Å². The molecule has 0 aromatic carbocycles. The highest BCUT2D eigenvalue weighted by atomic mass is 16.5. The maximum absolute atomic E-state index is 11.0. The summed E-state index contributed by atoms with van der Waals surface area (Å²) < 4.78 is 9.36. The van der Waals surface area contributed by atoms with Gasteiger partial charge in [-0.25, -0.2) is 4.79 Å². The fraction of sp³-hybridized carbons (Fsp3) is 0.556. The summed E-state index contributed by atoms with van der Waals surface area (Å²) in [5, 5.41) is 2.38. The van der Waals surface area contributed by atoms with Gasteiger partial charge < -0.3 is 14.8 Å². The molecule has 0 aliphatic rings. The van der Waals surface area contributed by atoms with Gasteiger partial charge in [0.05, 0.1) is 12.9 Å². The molecule has 14 heavy (non-hydrogen) atoms. The van der Waals surface area contributed by atoms with Crippen molar-refractivity contribution in [1.29, 1.82) is 0 Å². The molecule has 0 fully saturated rings. The van der Waals surface area contributed by atoms with Gasteiger partial charge >= 0.3 is 5.97 Å². The smallest absolute Gasteiger partial charge is 0.330 e. The molecule has 0 atom stereocenters. The summed E-state index contributed by atoms with van der Waals surface area (Å²) in [6.45, 7) is 5.85. The fourth-order valence-electron chi connectivity index (χ4n) is 0.703. The second-order valence-electron chi connectivity index (χ2n) is 2.38. The van der Waals surface area contributed by atoms with Crippen LogP contribution in [-0.2, 0) is 19.1 Å². The Morgan fingerprint density at radius 2 is 2.21 bits per heavy atom. The van der Waals surface area contributed by atoms with Crippen LogP contribution in [0.5, 0.6) is 0 Å². The molecule has 1 amide bonds. The Bertz CT molecular complexity index is 203. The van der Waals surface area contributed by atoms with E-state index in [-0.39, 0.29) is 18.9 Å². The quantitative estimate of drug-likeness (QED) is 0.363. The Balaban J connectivity index is 3.43. The molecule has 5 nitrogen and oxygen atoms in total. The largest absolute Gasteiger partial charge is 0.434 e. The van der Waals surface area contributed by atoms with Crippen molar-refractivity contribution < 1.29 is 19.1 Å². The van der Waals surface area contributed by atoms with Crippen LogP contribution in [0.4, 0.5) is 0 Å². The Hall–Kier alpha value is -1.36. The summed E-state index contributed by atoms with van der Waals surface area (Å²) in [5.41, 5.74) is 0. The molecule has 0 aromatic heterocycles. The highest BCUT2D eigenvalue weighted by Crippen LogP contribution is 1.83. The standard InChI is InChI=1S/C9H15NO4/c1-3-13-6-5-8(11)10-7-9(12)14-4-2/h4H,2-3,5-7H2,1H3,(H,10,11). The van der Waals surface area contributed by atoms with Crippen molar-refractivity contribution in [3.63, 3.8) is 0 Å². The zero-order valence-electron chi connectivity index (χ0n) is 8.25. The van der Waals surface area contributed by atoms with Crippen molar-refractivity contribution in [2.75, 3.05) is 19.8 Å². The molecule has 0 radical (unpaired) electrons.